The molecule has 122 valence electrons. The Morgan fingerprint density at radius 3 is 2.58 bits per heavy atom. The first-order valence-corrected chi connectivity index (χ1v) is 7.87. The molecule has 1 unspecified atom stereocenters. The average molecular weight is 322 g/mol. The number of nitro benzene ring substituents is 1. The Labute approximate surface area is 140 Å². The van der Waals surface area contributed by atoms with Crippen molar-refractivity contribution in [2.24, 2.45) is 0 Å². The molecule has 2 aromatic carbocycles. The largest absolute Gasteiger partial charge is 0.463 e. The van der Waals surface area contributed by atoms with Crippen LogP contribution in [0.1, 0.15) is 25.0 Å². The molecule has 2 aliphatic rings. The van der Waals surface area contributed by atoms with Crippen molar-refractivity contribution < 1.29 is 9.66 Å². The van der Waals surface area contributed by atoms with Crippen LogP contribution < -0.4 is 9.64 Å². The molecule has 5 nitrogen and oxygen atoms in total. The zero-order valence-corrected chi connectivity index (χ0v) is 13.8. The van der Waals surface area contributed by atoms with Gasteiger partial charge in [0.2, 0.25) is 5.72 Å². The van der Waals surface area contributed by atoms with E-state index in [9.17, 15) is 10.1 Å². The minimum absolute atomic E-state index is 0.0644. The third-order valence-electron chi connectivity index (χ3n) is 5.31. The first kappa shape index (κ1) is 14.8. The van der Waals surface area contributed by atoms with Crippen LogP contribution in [0.4, 0.5) is 11.4 Å². The van der Waals surface area contributed by atoms with Crippen molar-refractivity contribution in [1.82, 2.24) is 0 Å². The molecule has 4 rings (SSSR count). The molecule has 0 aromatic heterocycles. The van der Waals surface area contributed by atoms with Gasteiger partial charge in [-0.05, 0) is 43.7 Å². The molecule has 2 aromatic rings. The summed E-state index contributed by atoms with van der Waals surface area (Å²) in [5, 5.41) is 11.3. The summed E-state index contributed by atoms with van der Waals surface area (Å²) in [4.78, 5) is 13.0. The molecule has 0 N–H and O–H groups in total. The molecule has 0 fully saturated rings. The van der Waals surface area contributed by atoms with Gasteiger partial charge in [-0.1, -0.05) is 24.3 Å². The van der Waals surface area contributed by atoms with Gasteiger partial charge in [0.25, 0.3) is 5.69 Å². The number of fused-ring (bicyclic) bond motifs is 2. The summed E-state index contributed by atoms with van der Waals surface area (Å²) < 4.78 is 6.42. The second kappa shape index (κ2) is 4.60. The van der Waals surface area contributed by atoms with Crippen LogP contribution >= 0.6 is 0 Å². The van der Waals surface area contributed by atoms with Crippen molar-refractivity contribution in [3.8, 4) is 5.75 Å². The number of nitro groups is 1. The van der Waals surface area contributed by atoms with Crippen LogP contribution in [0.3, 0.4) is 0 Å². The molecular weight excluding hydrogens is 304 g/mol. The second-order valence-electron chi connectivity index (χ2n) is 6.78. The van der Waals surface area contributed by atoms with Crippen LogP contribution in [0, 0.1) is 10.1 Å². The predicted molar refractivity (Wildman–Crippen MR) is 93.4 cm³/mol. The number of rotatable bonds is 1. The fourth-order valence-electron chi connectivity index (χ4n) is 3.95. The van der Waals surface area contributed by atoms with Gasteiger partial charge in [-0.15, -0.1) is 0 Å². The molecular formula is C19H18N2O3. The highest BCUT2D eigenvalue weighted by Gasteiger charge is 2.57. The van der Waals surface area contributed by atoms with Gasteiger partial charge >= 0.3 is 0 Å². The summed E-state index contributed by atoms with van der Waals surface area (Å²) in [6, 6.07) is 13.2. The lowest BCUT2D eigenvalue weighted by Gasteiger charge is -2.45. The topological polar surface area (TPSA) is 55.6 Å². The number of ether oxygens (including phenoxy) is 1. The lowest BCUT2D eigenvalue weighted by molar-refractivity contribution is -0.385. The quantitative estimate of drug-likeness (QED) is 0.585. The monoisotopic (exact) mass is 322 g/mol. The van der Waals surface area contributed by atoms with E-state index in [4.69, 9.17) is 4.74 Å². The summed E-state index contributed by atoms with van der Waals surface area (Å²) in [6.45, 7) is 4.28. The Bertz CT molecular complexity index is 888. The highest BCUT2D eigenvalue weighted by Crippen LogP contribution is 2.54. The number of benzene rings is 2. The predicted octanol–water partition coefficient (Wildman–Crippen LogP) is 4.12. The number of anilines is 1. The van der Waals surface area contributed by atoms with Crippen molar-refractivity contribution in [3.63, 3.8) is 0 Å². The minimum atomic E-state index is -0.709. The highest BCUT2D eigenvalue weighted by atomic mass is 16.6. The van der Waals surface area contributed by atoms with Crippen LogP contribution in [-0.2, 0) is 5.41 Å². The third-order valence-corrected chi connectivity index (χ3v) is 5.31. The van der Waals surface area contributed by atoms with Gasteiger partial charge < -0.3 is 9.64 Å². The van der Waals surface area contributed by atoms with E-state index in [1.54, 1.807) is 12.1 Å². The summed E-state index contributed by atoms with van der Waals surface area (Å²) in [5.41, 5.74) is 1.88. The molecule has 5 heteroatoms. The summed E-state index contributed by atoms with van der Waals surface area (Å²) in [6.07, 6.45) is 3.77. The van der Waals surface area contributed by atoms with Gasteiger partial charge in [-0.25, -0.2) is 0 Å². The van der Waals surface area contributed by atoms with Gasteiger partial charge in [0.1, 0.15) is 5.75 Å². The Morgan fingerprint density at radius 1 is 1.12 bits per heavy atom. The Kier molecular flexibility index (Phi) is 2.83. The van der Waals surface area contributed by atoms with Crippen molar-refractivity contribution in [2.45, 2.75) is 25.0 Å². The first-order valence-electron chi connectivity index (χ1n) is 7.87. The van der Waals surface area contributed by atoms with E-state index in [2.05, 4.69) is 30.9 Å². The SMILES string of the molecule is CN1c2ccccc2C(C)(C)C12C=Cc1c(cccc1[N+](=O)[O-])O2. The molecule has 1 atom stereocenters. The molecule has 0 amide bonds. The summed E-state index contributed by atoms with van der Waals surface area (Å²) in [7, 11) is 2.00. The van der Waals surface area contributed by atoms with Gasteiger partial charge in [0, 0.05) is 18.8 Å². The van der Waals surface area contributed by atoms with Crippen molar-refractivity contribution >= 4 is 17.5 Å². The smallest absolute Gasteiger partial charge is 0.280 e. The zero-order chi connectivity index (χ0) is 17.1. The van der Waals surface area contributed by atoms with Crippen LogP contribution in [-0.4, -0.2) is 17.7 Å². The van der Waals surface area contributed by atoms with E-state index in [1.807, 2.05) is 31.3 Å². The van der Waals surface area contributed by atoms with Crippen LogP contribution in [0.25, 0.3) is 6.08 Å². The molecule has 0 saturated heterocycles. The molecule has 0 bridgehead atoms. The number of nitrogens with zero attached hydrogens (tertiary/aromatic N) is 2. The molecule has 0 aliphatic carbocycles. The molecule has 1 spiro atoms. The molecule has 0 saturated carbocycles. The van der Waals surface area contributed by atoms with Gasteiger partial charge in [0.05, 0.1) is 15.9 Å². The fraction of sp³-hybridized carbons (Fsp3) is 0.263. The third kappa shape index (κ3) is 1.64. The maximum Gasteiger partial charge on any atom is 0.280 e. The van der Waals surface area contributed by atoms with Gasteiger partial charge in [-0.3, -0.25) is 10.1 Å². The van der Waals surface area contributed by atoms with E-state index in [0.29, 0.717) is 11.3 Å². The molecule has 0 radical (unpaired) electrons. The standard InChI is InChI=1S/C19H18N2O3/c1-18(2)14-7-4-5-8-16(14)20(3)19(18)12-11-13-15(21(22)23)9-6-10-17(13)24-19/h4-12H,1-3H3. The average Bonchev–Trinajstić information content (AvgIpc) is 2.73. The summed E-state index contributed by atoms with van der Waals surface area (Å²) >= 11 is 0. The van der Waals surface area contributed by atoms with Crippen molar-refractivity contribution in [3.05, 3.63) is 69.8 Å². The Morgan fingerprint density at radius 2 is 1.88 bits per heavy atom. The molecule has 2 heterocycles. The van der Waals surface area contributed by atoms with Crippen LogP contribution in [0.15, 0.2) is 48.5 Å². The maximum atomic E-state index is 11.3. The normalized spacial score (nSPS) is 22.9. The molecule has 24 heavy (non-hydrogen) atoms. The van der Waals surface area contributed by atoms with Crippen LogP contribution in [0.2, 0.25) is 0 Å². The van der Waals surface area contributed by atoms with E-state index < -0.39 is 5.72 Å². The van der Waals surface area contributed by atoms with E-state index >= 15 is 0 Å². The van der Waals surface area contributed by atoms with Crippen molar-refractivity contribution in [1.29, 1.82) is 0 Å². The first-order chi connectivity index (χ1) is 11.4. The number of likely N-dealkylation sites (N-methyl/N-ethyl adjacent to an activating group) is 1. The zero-order valence-electron chi connectivity index (χ0n) is 13.8. The number of hydrogen-bond acceptors (Lipinski definition) is 4. The lowest BCUT2D eigenvalue weighted by Crippen LogP contribution is -2.58. The van der Waals surface area contributed by atoms with Gasteiger partial charge in [-0.2, -0.15) is 0 Å². The fourth-order valence-corrected chi connectivity index (χ4v) is 3.95. The number of hydrogen-bond donors (Lipinski definition) is 0. The van der Waals surface area contributed by atoms with Crippen molar-refractivity contribution in [2.75, 3.05) is 11.9 Å². The Balaban J connectivity index is 1.90. The van der Waals surface area contributed by atoms with E-state index in [0.717, 1.165) is 5.69 Å². The summed E-state index contributed by atoms with van der Waals surface area (Å²) in [5.74, 6) is 0.541. The second-order valence-corrected chi connectivity index (χ2v) is 6.78. The minimum Gasteiger partial charge on any atom is -0.463 e. The number of para-hydroxylation sites is 1. The van der Waals surface area contributed by atoms with Gasteiger partial charge in [0.15, 0.2) is 0 Å². The Hall–Kier alpha value is -2.82. The van der Waals surface area contributed by atoms with E-state index in [1.165, 1.54) is 11.6 Å². The lowest BCUT2D eigenvalue weighted by atomic mass is 9.76. The van der Waals surface area contributed by atoms with Crippen LogP contribution in [0.5, 0.6) is 5.75 Å². The van der Waals surface area contributed by atoms with E-state index in [-0.39, 0.29) is 16.0 Å². The molecule has 2 aliphatic heterocycles. The maximum absolute atomic E-state index is 11.3. The highest BCUT2D eigenvalue weighted by molar-refractivity contribution is 5.75.